The van der Waals surface area contributed by atoms with Gasteiger partial charge in [0.25, 0.3) is 5.91 Å². The highest BCUT2D eigenvalue weighted by Gasteiger charge is 2.29. The van der Waals surface area contributed by atoms with Crippen LogP contribution >= 0.6 is 11.3 Å². The Hall–Kier alpha value is -3.07. The minimum absolute atomic E-state index is 0.129. The standard InChI is InChI=1S/C22H27NO7S/c1-7-28-21(25)17-13(4)18(22(26)29-12(2)3)31-20(17)23-19(24)14(5)30-16-10-8-9-15(11-16)27-6/h8-12,14H,7H2,1-6H3,(H,23,24). The molecule has 2 rings (SSSR count). The molecule has 0 spiro atoms. The molecule has 0 saturated heterocycles. The highest BCUT2D eigenvalue weighted by molar-refractivity contribution is 7.18. The molecule has 1 amide bonds. The fraction of sp³-hybridized carbons (Fsp3) is 0.409. The molecule has 0 aliphatic rings. The Kier molecular flexibility index (Phi) is 8.44. The highest BCUT2D eigenvalue weighted by atomic mass is 32.1. The number of esters is 2. The van der Waals surface area contributed by atoms with E-state index in [0.717, 1.165) is 11.3 Å². The Bertz CT molecular complexity index is 951. The Morgan fingerprint density at radius 2 is 1.77 bits per heavy atom. The van der Waals surface area contributed by atoms with Gasteiger partial charge in [0.15, 0.2) is 6.10 Å². The summed E-state index contributed by atoms with van der Waals surface area (Å²) in [7, 11) is 1.53. The van der Waals surface area contributed by atoms with Crippen LogP contribution < -0.4 is 14.8 Å². The third kappa shape index (κ3) is 6.21. The Labute approximate surface area is 185 Å². The van der Waals surface area contributed by atoms with Gasteiger partial charge in [-0.15, -0.1) is 11.3 Å². The Morgan fingerprint density at radius 1 is 1.10 bits per heavy atom. The van der Waals surface area contributed by atoms with Gasteiger partial charge in [0.1, 0.15) is 21.4 Å². The lowest BCUT2D eigenvalue weighted by Crippen LogP contribution is -2.30. The molecule has 1 aromatic heterocycles. The van der Waals surface area contributed by atoms with Crippen LogP contribution in [0.5, 0.6) is 11.5 Å². The number of carbonyl (C=O) groups is 3. The van der Waals surface area contributed by atoms with E-state index in [1.54, 1.807) is 58.9 Å². The summed E-state index contributed by atoms with van der Waals surface area (Å²) in [5.41, 5.74) is 0.523. The number of benzene rings is 1. The molecular weight excluding hydrogens is 422 g/mol. The van der Waals surface area contributed by atoms with Crippen molar-refractivity contribution in [3.05, 3.63) is 40.3 Å². The summed E-state index contributed by atoms with van der Waals surface area (Å²) in [6, 6.07) is 6.86. The number of ether oxygens (including phenoxy) is 4. The maximum Gasteiger partial charge on any atom is 0.348 e. The molecule has 31 heavy (non-hydrogen) atoms. The van der Waals surface area contributed by atoms with Crippen molar-refractivity contribution in [1.82, 2.24) is 0 Å². The van der Waals surface area contributed by atoms with Crippen LogP contribution in [0.3, 0.4) is 0 Å². The van der Waals surface area contributed by atoms with E-state index in [0.29, 0.717) is 17.1 Å². The first-order chi connectivity index (χ1) is 14.7. The van der Waals surface area contributed by atoms with E-state index in [4.69, 9.17) is 18.9 Å². The number of amides is 1. The maximum atomic E-state index is 12.7. The van der Waals surface area contributed by atoms with Gasteiger partial charge in [0.05, 0.1) is 25.4 Å². The third-order valence-corrected chi connectivity index (χ3v) is 5.30. The monoisotopic (exact) mass is 449 g/mol. The van der Waals surface area contributed by atoms with Gasteiger partial charge < -0.3 is 24.3 Å². The molecular formula is C22H27NO7S. The average molecular weight is 450 g/mol. The number of carbonyl (C=O) groups excluding carboxylic acids is 3. The van der Waals surface area contributed by atoms with Crippen LogP contribution in [0.1, 0.15) is 53.3 Å². The van der Waals surface area contributed by atoms with Crippen molar-refractivity contribution < 1.29 is 33.3 Å². The van der Waals surface area contributed by atoms with E-state index in [1.165, 1.54) is 7.11 Å². The molecule has 2 aromatic rings. The van der Waals surface area contributed by atoms with Crippen LogP contribution in [0.25, 0.3) is 0 Å². The molecule has 0 radical (unpaired) electrons. The number of anilines is 1. The highest BCUT2D eigenvalue weighted by Crippen LogP contribution is 2.35. The van der Waals surface area contributed by atoms with Crippen molar-refractivity contribution in [3.63, 3.8) is 0 Å². The quantitative estimate of drug-likeness (QED) is 0.572. The Morgan fingerprint density at radius 3 is 2.39 bits per heavy atom. The minimum Gasteiger partial charge on any atom is -0.497 e. The first-order valence-corrected chi connectivity index (χ1v) is 10.6. The summed E-state index contributed by atoms with van der Waals surface area (Å²) in [6.07, 6.45) is -1.20. The van der Waals surface area contributed by atoms with Crippen LogP contribution in [-0.4, -0.2) is 43.8 Å². The van der Waals surface area contributed by atoms with E-state index in [1.807, 2.05) is 0 Å². The first-order valence-electron chi connectivity index (χ1n) is 9.80. The summed E-state index contributed by atoms with van der Waals surface area (Å²) in [5, 5.41) is 2.89. The second kappa shape index (κ2) is 10.8. The SMILES string of the molecule is CCOC(=O)c1c(NC(=O)C(C)Oc2cccc(OC)c2)sc(C(=O)OC(C)C)c1C. The summed E-state index contributed by atoms with van der Waals surface area (Å²) in [4.78, 5) is 37.9. The molecule has 1 heterocycles. The fourth-order valence-corrected chi connectivity index (χ4v) is 3.74. The minimum atomic E-state index is -0.879. The normalized spacial score (nSPS) is 11.6. The average Bonchev–Trinajstić information content (AvgIpc) is 3.03. The summed E-state index contributed by atoms with van der Waals surface area (Å²) in [5.74, 6) is -0.632. The van der Waals surface area contributed by atoms with E-state index < -0.39 is 23.9 Å². The van der Waals surface area contributed by atoms with E-state index in [9.17, 15) is 14.4 Å². The largest absolute Gasteiger partial charge is 0.497 e. The van der Waals surface area contributed by atoms with E-state index >= 15 is 0 Å². The Balaban J connectivity index is 2.27. The van der Waals surface area contributed by atoms with Crippen LogP contribution in [0.15, 0.2) is 24.3 Å². The number of hydrogen-bond acceptors (Lipinski definition) is 8. The molecule has 9 heteroatoms. The molecule has 0 bridgehead atoms. The first kappa shape index (κ1) is 24.2. The number of thiophene rings is 1. The van der Waals surface area contributed by atoms with Crippen molar-refractivity contribution in [3.8, 4) is 11.5 Å². The molecule has 1 aromatic carbocycles. The number of nitrogens with one attached hydrogen (secondary N) is 1. The summed E-state index contributed by atoms with van der Waals surface area (Å²) >= 11 is 0.966. The molecule has 0 aliphatic heterocycles. The summed E-state index contributed by atoms with van der Waals surface area (Å²) < 4.78 is 21.2. The van der Waals surface area contributed by atoms with Crippen molar-refractivity contribution in [2.75, 3.05) is 19.0 Å². The molecule has 0 fully saturated rings. The van der Waals surface area contributed by atoms with Crippen LogP contribution in [0.2, 0.25) is 0 Å². The van der Waals surface area contributed by atoms with Crippen LogP contribution in [0.4, 0.5) is 5.00 Å². The number of methoxy groups -OCH3 is 1. The van der Waals surface area contributed by atoms with Crippen molar-refractivity contribution in [2.24, 2.45) is 0 Å². The fourth-order valence-electron chi connectivity index (χ4n) is 2.66. The van der Waals surface area contributed by atoms with E-state index in [-0.39, 0.29) is 28.2 Å². The van der Waals surface area contributed by atoms with Gasteiger partial charge in [0.2, 0.25) is 0 Å². The lowest BCUT2D eigenvalue weighted by Gasteiger charge is -2.15. The predicted octanol–water partition coefficient (Wildman–Crippen LogP) is 4.21. The number of rotatable bonds is 9. The lowest BCUT2D eigenvalue weighted by atomic mass is 10.1. The molecule has 1 atom stereocenters. The number of hydrogen-bond donors (Lipinski definition) is 1. The van der Waals surface area contributed by atoms with Crippen molar-refractivity contribution >= 4 is 34.2 Å². The van der Waals surface area contributed by atoms with Gasteiger partial charge in [0, 0.05) is 6.07 Å². The van der Waals surface area contributed by atoms with Gasteiger partial charge in [-0.05, 0) is 52.3 Å². The molecule has 0 saturated carbocycles. The zero-order valence-corrected chi connectivity index (χ0v) is 19.3. The van der Waals surface area contributed by atoms with Crippen LogP contribution in [0, 0.1) is 6.92 Å². The second-order valence-electron chi connectivity index (χ2n) is 6.86. The van der Waals surface area contributed by atoms with Gasteiger partial charge in [-0.2, -0.15) is 0 Å². The second-order valence-corrected chi connectivity index (χ2v) is 7.88. The molecule has 1 N–H and O–H groups in total. The van der Waals surface area contributed by atoms with Gasteiger partial charge in [-0.25, -0.2) is 9.59 Å². The van der Waals surface area contributed by atoms with Gasteiger partial charge in [-0.1, -0.05) is 6.07 Å². The van der Waals surface area contributed by atoms with Crippen molar-refractivity contribution in [1.29, 1.82) is 0 Å². The predicted molar refractivity (Wildman–Crippen MR) is 117 cm³/mol. The van der Waals surface area contributed by atoms with Gasteiger partial charge >= 0.3 is 11.9 Å². The lowest BCUT2D eigenvalue weighted by molar-refractivity contribution is -0.122. The smallest absolute Gasteiger partial charge is 0.348 e. The summed E-state index contributed by atoms with van der Waals surface area (Å²) in [6.45, 7) is 8.48. The zero-order chi connectivity index (χ0) is 23.1. The third-order valence-electron chi connectivity index (χ3n) is 4.11. The molecule has 168 valence electrons. The van der Waals surface area contributed by atoms with E-state index in [2.05, 4.69) is 5.32 Å². The van der Waals surface area contributed by atoms with Gasteiger partial charge in [-0.3, -0.25) is 4.79 Å². The van der Waals surface area contributed by atoms with Crippen molar-refractivity contribution in [2.45, 2.75) is 46.8 Å². The topological polar surface area (TPSA) is 100 Å². The molecule has 8 nitrogen and oxygen atoms in total. The maximum absolute atomic E-state index is 12.7. The molecule has 0 aliphatic carbocycles. The zero-order valence-electron chi connectivity index (χ0n) is 18.4. The van der Waals surface area contributed by atoms with Crippen LogP contribution in [-0.2, 0) is 14.3 Å². The molecule has 1 unspecified atom stereocenters.